The maximum absolute atomic E-state index is 12.3. The maximum atomic E-state index is 12.3. The number of anilines is 1. The highest BCUT2D eigenvalue weighted by Gasteiger charge is 2.22. The van der Waals surface area contributed by atoms with Gasteiger partial charge in [-0.15, -0.1) is 0 Å². The maximum Gasteiger partial charge on any atom is 0.242 e. The van der Waals surface area contributed by atoms with E-state index in [4.69, 9.17) is 0 Å². The van der Waals surface area contributed by atoms with Gasteiger partial charge in [-0.2, -0.15) is 0 Å². The third kappa shape index (κ3) is 5.54. The van der Waals surface area contributed by atoms with Crippen LogP contribution in [0.1, 0.15) is 38.3 Å². The fourth-order valence-electron chi connectivity index (χ4n) is 2.08. The van der Waals surface area contributed by atoms with Gasteiger partial charge in [0.15, 0.2) is 0 Å². The summed E-state index contributed by atoms with van der Waals surface area (Å²) >= 11 is 0. The van der Waals surface area contributed by atoms with Crippen LogP contribution in [0.25, 0.3) is 0 Å². The molecule has 0 aliphatic carbocycles. The van der Waals surface area contributed by atoms with Crippen molar-refractivity contribution in [3.8, 4) is 0 Å². The third-order valence-electron chi connectivity index (χ3n) is 4.01. The second-order valence-corrected chi connectivity index (χ2v) is 9.66. The lowest BCUT2D eigenvalue weighted by Crippen LogP contribution is -2.36. The number of sulfonamides is 1. The molecule has 0 spiro atoms. The lowest BCUT2D eigenvalue weighted by atomic mass is 9.96. The fourth-order valence-corrected chi connectivity index (χ4v) is 3.10. The van der Waals surface area contributed by atoms with Crippen molar-refractivity contribution in [3.05, 3.63) is 23.3 Å². The normalized spacial score (nSPS) is 12.2. The highest BCUT2D eigenvalue weighted by molar-refractivity contribution is 7.89. The van der Waals surface area contributed by atoms with Crippen LogP contribution in [0.4, 0.5) is 5.69 Å². The molecule has 1 aromatic carbocycles. The summed E-state index contributed by atoms with van der Waals surface area (Å²) in [6.07, 6.45) is 0.102. The lowest BCUT2D eigenvalue weighted by molar-refractivity contribution is -0.128. The summed E-state index contributed by atoms with van der Waals surface area (Å²) < 4.78 is 25.8. The molecule has 0 unspecified atom stereocenters. The largest absolute Gasteiger partial charge is 0.355 e. The van der Waals surface area contributed by atoms with E-state index >= 15 is 0 Å². The Morgan fingerprint density at radius 1 is 1.12 bits per heavy atom. The first-order chi connectivity index (χ1) is 11.8. The van der Waals surface area contributed by atoms with Gasteiger partial charge >= 0.3 is 0 Å². The number of carbonyl (C=O) groups excluding carboxylic acids is 2. The monoisotopic (exact) mass is 383 g/mol. The van der Waals surface area contributed by atoms with E-state index in [9.17, 15) is 18.0 Å². The summed E-state index contributed by atoms with van der Waals surface area (Å²) in [6.45, 7) is 9.22. The summed E-state index contributed by atoms with van der Waals surface area (Å²) in [7, 11) is -0.676. The van der Waals surface area contributed by atoms with Gasteiger partial charge in [-0.05, 0) is 37.1 Å². The molecule has 0 heterocycles. The molecule has 0 saturated heterocycles. The molecule has 2 amide bonds. The van der Waals surface area contributed by atoms with Crippen molar-refractivity contribution in [1.82, 2.24) is 9.62 Å². The molecule has 146 valence electrons. The van der Waals surface area contributed by atoms with Gasteiger partial charge in [-0.25, -0.2) is 12.7 Å². The lowest BCUT2D eigenvalue weighted by Gasteiger charge is -2.18. The van der Waals surface area contributed by atoms with Crippen LogP contribution in [-0.4, -0.2) is 45.2 Å². The summed E-state index contributed by atoms with van der Waals surface area (Å²) in [5.74, 6) is -0.419. The minimum atomic E-state index is -3.59. The Hall–Kier alpha value is -1.93. The Morgan fingerprint density at radius 2 is 1.69 bits per heavy atom. The topological polar surface area (TPSA) is 95.6 Å². The van der Waals surface area contributed by atoms with Gasteiger partial charge in [0.2, 0.25) is 21.8 Å². The molecular weight excluding hydrogens is 354 g/mol. The molecule has 0 aliphatic rings. The van der Waals surface area contributed by atoms with E-state index in [1.54, 1.807) is 33.8 Å². The molecule has 8 heteroatoms. The fraction of sp³-hybridized carbons (Fsp3) is 0.556. The van der Waals surface area contributed by atoms with E-state index in [2.05, 4.69) is 10.6 Å². The average molecular weight is 384 g/mol. The molecule has 0 bridgehead atoms. The average Bonchev–Trinajstić information content (AvgIpc) is 2.50. The van der Waals surface area contributed by atoms with Crippen molar-refractivity contribution in [2.75, 3.05) is 26.0 Å². The van der Waals surface area contributed by atoms with Crippen molar-refractivity contribution < 1.29 is 18.0 Å². The summed E-state index contributed by atoms with van der Waals surface area (Å²) in [4.78, 5) is 24.1. The number of carbonyl (C=O) groups is 2. The number of aryl methyl sites for hydroxylation is 1. The summed E-state index contributed by atoms with van der Waals surface area (Å²) in [5, 5.41) is 5.46. The Bertz CT molecular complexity index is 793. The van der Waals surface area contributed by atoms with Crippen LogP contribution in [0.5, 0.6) is 0 Å². The predicted molar refractivity (Wildman–Crippen MR) is 103 cm³/mol. The van der Waals surface area contributed by atoms with Gasteiger partial charge < -0.3 is 10.6 Å². The Morgan fingerprint density at radius 3 is 2.19 bits per heavy atom. The number of benzene rings is 1. The first-order valence-electron chi connectivity index (χ1n) is 8.38. The van der Waals surface area contributed by atoms with Crippen molar-refractivity contribution in [1.29, 1.82) is 0 Å². The number of hydrogen-bond donors (Lipinski definition) is 2. The molecule has 1 aromatic rings. The molecular formula is C18H29N3O4S. The molecule has 0 fully saturated rings. The highest BCUT2D eigenvalue weighted by atomic mass is 32.2. The van der Waals surface area contributed by atoms with Gasteiger partial charge in [0.1, 0.15) is 0 Å². The van der Waals surface area contributed by atoms with E-state index in [0.29, 0.717) is 5.69 Å². The van der Waals surface area contributed by atoms with Gasteiger partial charge in [-0.1, -0.05) is 20.8 Å². The Kier molecular flexibility index (Phi) is 6.95. The van der Waals surface area contributed by atoms with E-state index in [0.717, 1.165) is 15.4 Å². The molecule has 0 atom stereocenters. The zero-order valence-electron chi connectivity index (χ0n) is 16.6. The number of rotatable bonds is 6. The van der Waals surface area contributed by atoms with Crippen LogP contribution < -0.4 is 10.6 Å². The standard InChI is InChI=1S/C18H29N3O4S/c1-12-10-14(26(24,25)21(6)7)11-15(13(12)2)20-16(22)8-9-19-17(23)18(3,4)5/h10-11H,8-9H2,1-7H3,(H,19,23)(H,20,22). The second kappa shape index (κ2) is 8.18. The zero-order chi connectivity index (χ0) is 20.3. The molecule has 0 radical (unpaired) electrons. The highest BCUT2D eigenvalue weighted by Crippen LogP contribution is 2.25. The Labute approximate surface area is 156 Å². The van der Waals surface area contributed by atoms with E-state index in [-0.39, 0.29) is 29.7 Å². The first-order valence-corrected chi connectivity index (χ1v) is 9.82. The van der Waals surface area contributed by atoms with Gasteiger partial charge in [0.25, 0.3) is 0 Å². The van der Waals surface area contributed by atoms with Crippen LogP contribution in [-0.2, 0) is 19.6 Å². The molecule has 0 aromatic heterocycles. The Balaban J connectivity index is 2.88. The van der Waals surface area contributed by atoms with Gasteiger partial charge in [-0.3, -0.25) is 9.59 Å². The number of nitrogens with zero attached hydrogens (tertiary/aromatic N) is 1. The minimum Gasteiger partial charge on any atom is -0.355 e. The second-order valence-electron chi connectivity index (χ2n) is 7.50. The molecule has 0 aliphatic heterocycles. The van der Waals surface area contributed by atoms with E-state index < -0.39 is 15.4 Å². The molecule has 7 nitrogen and oxygen atoms in total. The molecule has 1 rings (SSSR count). The number of nitrogens with one attached hydrogen (secondary N) is 2. The molecule has 0 saturated carbocycles. The molecule has 2 N–H and O–H groups in total. The van der Waals surface area contributed by atoms with Crippen LogP contribution in [0.3, 0.4) is 0 Å². The van der Waals surface area contributed by atoms with Crippen LogP contribution >= 0.6 is 0 Å². The van der Waals surface area contributed by atoms with Crippen molar-refractivity contribution >= 4 is 27.5 Å². The first kappa shape index (κ1) is 22.1. The minimum absolute atomic E-state index is 0.102. The zero-order valence-corrected chi connectivity index (χ0v) is 17.4. The number of amides is 2. The summed E-state index contributed by atoms with van der Waals surface area (Å²) in [5.41, 5.74) is 1.51. The van der Waals surface area contributed by atoms with Crippen LogP contribution in [0.15, 0.2) is 17.0 Å². The van der Waals surface area contributed by atoms with E-state index in [1.165, 1.54) is 20.2 Å². The third-order valence-corrected chi connectivity index (χ3v) is 5.81. The molecule has 26 heavy (non-hydrogen) atoms. The van der Waals surface area contributed by atoms with E-state index in [1.807, 2.05) is 6.92 Å². The quantitative estimate of drug-likeness (QED) is 0.786. The van der Waals surface area contributed by atoms with Crippen LogP contribution in [0, 0.1) is 19.3 Å². The number of hydrogen-bond acceptors (Lipinski definition) is 4. The van der Waals surface area contributed by atoms with Crippen molar-refractivity contribution in [2.45, 2.75) is 45.9 Å². The summed E-state index contributed by atoms with van der Waals surface area (Å²) in [6, 6.07) is 3.05. The SMILES string of the molecule is Cc1cc(S(=O)(=O)N(C)C)cc(NC(=O)CCNC(=O)C(C)(C)C)c1C. The van der Waals surface area contributed by atoms with Crippen LogP contribution in [0.2, 0.25) is 0 Å². The van der Waals surface area contributed by atoms with Gasteiger partial charge in [0, 0.05) is 38.2 Å². The van der Waals surface area contributed by atoms with Gasteiger partial charge in [0.05, 0.1) is 4.90 Å². The smallest absolute Gasteiger partial charge is 0.242 e. The predicted octanol–water partition coefficient (Wildman–Crippen LogP) is 2.04. The van der Waals surface area contributed by atoms with Crippen molar-refractivity contribution in [2.24, 2.45) is 5.41 Å². The van der Waals surface area contributed by atoms with Crippen molar-refractivity contribution in [3.63, 3.8) is 0 Å².